The van der Waals surface area contributed by atoms with Crippen molar-refractivity contribution in [1.29, 1.82) is 0 Å². The lowest BCUT2D eigenvalue weighted by molar-refractivity contribution is 0.586. The second-order valence-corrected chi connectivity index (χ2v) is 4.90. The summed E-state index contributed by atoms with van der Waals surface area (Å²) in [7, 11) is -3.21. The molecule has 0 unspecified atom stereocenters. The third-order valence-electron chi connectivity index (χ3n) is 1.59. The second-order valence-electron chi connectivity index (χ2n) is 3.06. The first-order valence-electron chi connectivity index (χ1n) is 3.66. The summed E-state index contributed by atoms with van der Waals surface area (Å²) in [5.74, 6) is 0.306. The molecule has 5 heteroatoms. The van der Waals surface area contributed by atoms with E-state index in [0.29, 0.717) is 5.92 Å². The van der Waals surface area contributed by atoms with Gasteiger partial charge in [0.05, 0.1) is 12.5 Å². The van der Waals surface area contributed by atoms with Gasteiger partial charge in [0.1, 0.15) is 0 Å². The van der Waals surface area contributed by atoms with Gasteiger partial charge < -0.3 is 0 Å². The lowest BCUT2D eigenvalue weighted by Gasteiger charge is -1.97. The summed E-state index contributed by atoms with van der Waals surface area (Å²) >= 11 is 0. The predicted octanol–water partition coefficient (Wildman–Crippen LogP) is 0.814. The van der Waals surface area contributed by atoms with E-state index in [1.165, 1.54) is 0 Å². The van der Waals surface area contributed by atoms with Gasteiger partial charge in [-0.25, -0.2) is 8.42 Å². The molecule has 0 aliphatic carbocycles. The smallest absolute Gasteiger partial charge is 0.205 e. The highest BCUT2D eigenvalue weighted by molar-refractivity contribution is 7.89. The quantitative estimate of drug-likeness (QED) is 0.690. The highest BCUT2D eigenvalue weighted by Crippen LogP contribution is 2.12. The Kier molecular flexibility index (Phi) is 2.23. The number of hydrogen-bond donors (Lipinski definition) is 0. The van der Waals surface area contributed by atoms with Crippen LogP contribution in [0.1, 0.15) is 25.3 Å². The van der Waals surface area contributed by atoms with Crippen LogP contribution in [0.3, 0.4) is 0 Å². The number of hydrogen-bond acceptors (Lipinski definition) is 3. The lowest BCUT2D eigenvalue weighted by Crippen LogP contribution is -2.09. The van der Waals surface area contributed by atoms with E-state index in [1.54, 1.807) is 12.4 Å². The molecule has 1 rings (SSSR count). The van der Waals surface area contributed by atoms with Gasteiger partial charge in [0.15, 0.2) is 0 Å². The third-order valence-corrected chi connectivity index (χ3v) is 2.47. The van der Waals surface area contributed by atoms with E-state index in [-0.39, 0.29) is 0 Å². The van der Waals surface area contributed by atoms with Crippen LogP contribution < -0.4 is 0 Å². The zero-order valence-electron chi connectivity index (χ0n) is 7.35. The van der Waals surface area contributed by atoms with E-state index in [0.717, 1.165) is 15.9 Å². The first-order valence-corrected chi connectivity index (χ1v) is 5.51. The molecule has 1 heterocycles. The fourth-order valence-corrected chi connectivity index (χ4v) is 1.33. The van der Waals surface area contributed by atoms with E-state index in [2.05, 4.69) is 5.10 Å². The average Bonchev–Trinajstić information content (AvgIpc) is 2.30. The molecule has 0 saturated heterocycles. The SMILES string of the molecule is CC(C)c1cnn(S(C)(=O)=O)c1. The topological polar surface area (TPSA) is 52.0 Å². The maximum absolute atomic E-state index is 11.0. The van der Waals surface area contributed by atoms with Crippen molar-refractivity contribution in [3.05, 3.63) is 18.0 Å². The molecule has 12 heavy (non-hydrogen) atoms. The molecule has 0 amide bonds. The van der Waals surface area contributed by atoms with Crippen molar-refractivity contribution in [2.24, 2.45) is 0 Å². The summed E-state index contributed by atoms with van der Waals surface area (Å²) in [6.07, 6.45) is 4.25. The van der Waals surface area contributed by atoms with Gasteiger partial charge in [0.25, 0.3) is 10.0 Å². The monoisotopic (exact) mass is 188 g/mol. The molecule has 0 fully saturated rings. The summed E-state index contributed by atoms with van der Waals surface area (Å²) in [5, 5.41) is 3.74. The van der Waals surface area contributed by atoms with Gasteiger partial charge in [0.2, 0.25) is 0 Å². The molecule has 0 aliphatic rings. The summed E-state index contributed by atoms with van der Waals surface area (Å²) in [4.78, 5) is 0. The largest absolute Gasteiger partial charge is 0.250 e. The fourth-order valence-electron chi connectivity index (χ4n) is 0.797. The standard InChI is InChI=1S/C7H12N2O2S/c1-6(2)7-4-8-9(5-7)12(3,10)11/h4-6H,1-3H3. The summed E-state index contributed by atoms with van der Waals surface area (Å²) in [5.41, 5.74) is 0.931. The first kappa shape index (κ1) is 9.25. The number of aromatic nitrogens is 2. The molecular weight excluding hydrogens is 176 g/mol. The van der Waals surface area contributed by atoms with Gasteiger partial charge >= 0.3 is 0 Å². The number of nitrogens with zero attached hydrogens (tertiary/aromatic N) is 2. The summed E-state index contributed by atoms with van der Waals surface area (Å²) < 4.78 is 22.9. The van der Waals surface area contributed by atoms with Crippen molar-refractivity contribution in [2.75, 3.05) is 6.26 Å². The van der Waals surface area contributed by atoms with Crippen LogP contribution in [0.25, 0.3) is 0 Å². The van der Waals surface area contributed by atoms with E-state index < -0.39 is 10.0 Å². The minimum Gasteiger partial charge on any atom is -0.205 e. The van der Waals surface area contributed by atoms with Crippen LogP contribution in [0.15, 0.2) is 12.4 Å². The lowest BCUT2D eigenvalue weighted by atomic mass is 10.1. The Hall–Kier alpha value is -0.840. The zero-order valence-corrected chi connectivity index (χ0v) is 8.17. The van der Waals surface area contributed by atoms with Crippen LogP contribution in [0, 0.1) is 0 Å². The zero-order chi connectivity index (χ0) is 9.35. The van der Waals surface area contributed by atoms with Crippen LogP contribution in [0.5, 0.6) is 0 Å². The minimum atomic E-state index is -3.21. The Labute approximate surface area is 72.3 Å². The molecule has 0 N–H and O–H groups in total. The molecule has 1 aromatic heterocycles. The third kappa shape index (κ3) is 1.85. The van der Waals surface area contributed by atoms with Gasteiger partial charge in [0, 0.05) is 6.20 Å². The van der Waals surface area contributed by atoms with E-state index >= 15 is 0 Å². The van der Waals surface area contributed by atoms with Crippen LogP contribution in [-0.4, -0.2) is 23.9 Å². The molecule has 0 aliphatic heterocycles. The van der Waals surface area contributed by atoms with Crippen molar-refractivity contribution in [3.63, 3.8) is 0 Å². The van der Waals surface area contributed by atoms with Crippen LogP contribution in [0.2, 0.25) is 0 Å². The van der Waals surface area contributed by atoms with Crippen LogP contribution in [-0.2, 0) is 10.0 Å². The number of rotatable bonds is 2. The molecular formula is C7H12N2O2S. The first-order chi connectivity index (χ1) is 5.41. The highest BCUT2D eigenvalue weighted by atomic mass is 32.2. The summed E-state index contributed by atoms with van der Waals surface area (Å²) in [6.45, 7) is 3.98. The van der Waals surface area contributed by atoms with E-state index in [9.17, 15) is 8.42 Å². The van der Waals surface area contributed by atoms with Gasteiger partial charge in [-0.3, -0.25) is 0 Å². The predicted molar refractivity (Wildman–Crippen MR) is 46.6 cm³/mol. The van der Waals surface area contributed by atoms with Gasteiger partial charge in [-0.15, -0.1) is 0 Å². The normalized spacial score (nSPS) is 12.3. The Morgan fingerprint density at radius 3 is 2.33 bits per heavy atom. The Morgan fingerprint density at radius 1 is 1.50 bits per heavy atom. The highest BCUT2D eigenvalue weighted by Gasteiger charge is 2.08. The van der Waals surface area contributed by atoms with Crippen molar-refractivity contribution in [1.82, 2.24) is 9.19 Å². The van der Waals surface area contributed by atoms with Gasteiger partial charge in [-0.1, -0.05) is 13.8 Å². The Bertz CT molecular complexity index is 365. The molecule has 4 nitrogen and oxygen atoms in total. The second kappa shape index (κ2) is 2.90. The van der Waals surface area contributed by atoms with Crippen molar-refractivity contribution in [3.8, 4) is 0 Å². The molecule has 0 aromatic carbocycles. The maximum atomic E-state index is 11.0. The molecule has 68 valence electrons. The molecule has 1 aromatic rings. The van der Waals surface area contributed by atoms with Gasteiger partial charge in [-0.2, -0.15) is 9.19 Å². The van der Waals surface area contributed by atoms with E-state index in [1.807, 2.05) is 13.8 Å². The fraction of sp³-hybridized carbons (Fsp3) is 0.571. The Morgan fingerprint density at radius 2 is 2.08 bits per heavy atom. The average molecular weight is 188 g/mol. The minimum absolute atomic E-state index is 0.306. The van der Waals surface area contributed by atoms with Crippen LogP contribution >= 0.6 is 0 Å². The summed E-state index contributed by atoms with van der Waals surface area (Å²) in [6, 6.07) is 0. The van der Waals surface area contributed by atoms with Gasteiger partial charge in [-0.05, 0) is 11.5 Å². The van der Waals surface area contributed by atoms with Crippen molar-refractivity contribution >= 4 is 10.0 Å². The molecule has 0 saturated carbocycles. The van der Waals surface area contributed by atoms with Crippen LogP contribution in [0.4, 0.5) is 0 Å². The molecule has 0 bridgehead atoms. The van der Waals surface area contributed by atoms with Crippen molar-refractivity contribution < 1.29 is 8.42 Å². The Balaban J connectivity index is 3.09. The van der Waals surface area contributed by atoms with E-state index in [4.69, 9.17) is 0 Å². The maximum Gasteiger partial charge on any atom is 0.250 e. The molecule has 0 spiro atoms. The van der Waals surface area contributed by atoms with Crippen molar-refractivity contribution in [2.45, 2.75) is 19.8 Å². The molecule has 0 atom stereocenters. The molecule has 0 radical (unpaired) electrons.